The van der Waals surface area contributed by atoms with Crippen LogP contribution in [0.5, 0.6) is 5.75 Å². The fraction of sp³-hybridized carbons (Fsp3) is 0.333. The van der Waals surface area contributed by atoms with Crippen molar-refractivity contribution in [1.82, 2.24) is 15.1 Å². The van der Waals surface area contributed by atoms with Crippen molar-refractivity contribution in [3.63, 3.8) is 0 Å². The van der Waals surface area contributed by atoms with Crippen LogP contribution in [0.2, 0.25) is 5.02 Å². The molecule has 0 aliphatic rings. The Labute approximate surface area is 183 Å². The lowest BCUT2D eigenvalue weighted by atomic mass is 9.95. The first kappa shape index (κ1) is 21.9. The Bertz CT molecular complexity index is 969. The van der Waals surface area contributed by atoms with Crippen molar-refractivity contribution in [2.24, 2.45) is 0 Å². The number of hydrogen-bond donors (Lipinski definition) is 1. The van der Waals surface area contributed by atoms with Crippen LogP contribution in [0, 0.1) is 0 Å². The first-order valence-electron chi connectivity index (χ1n) is 10.3. The molecule has 0 spiro atoms. The zero-order valence-electron chi connectivity index (χ0n) is 17.6. The van der Waals surface area contributed by atoms with Crippen LogP contribution in [0.3, 0.4) is 0 Å². The van der Waals surface area contributed by atoms with Gasteiger partial charge in [-0.05, 0) is 48.1 Å². The number of carbonyl (C=O) groups excluding carboxylic acids is 1. The second-order valence-corrected chi connectivity index (χ2v) is 7.74. The second kappa shape index (κ2) is 10.3. The third-order valence-electron chi connectivity index (χ3n) is 5.36. The molecule has 2 unspecified atom stereocenters. The van der Waals surface area contributed by atoms with Gasteiger partial charge in [-0.2, -0.15) is 5.10 Å². The number of rotatable bonds is 9. The first-order chi connectivity index (χ1) is 14.5. The molecule has 3 rings (SSSR count). The van der Waals surface area contributed by atoms with Crippen molar-refractivity contribution in [1.29, 1.82) is 0 Å². The summed E-state index contributed by atoms with van der Waals surface area (Å²) in [5, 5.41) is 7.85. The Morgan fingerprint density at radius 2 is 1.77 bits per heavy atom. The van der Waals surface area contributed by atoms with E-state index >= 15 is 0 Å². The van der Waals surface area contributed by atoms with Crippen LogP contribution >= 0.6 is 11.6 Å². The molecule has 0 fully saturated rings. The minimum atomic E-state index is -0.187. The smallest absolute Gasteiger partial charge is 0.270 e. The minimum Gasteiger partial charge on any atom is -0.470 e. The van der Waals surface area contributed by atoms with Gasteiger partial charge in [-0.1, -0.05) is 68.8 Å². The summed E-state index contributed by atoms with van der Waals surface area (Å²) in [5.41, 5.74) is 2.85. The van der Waals surface area contributed by atoms with Gasteiger partial charge in [-0.3, -0.25) is 4.79 Å². The van der Waals surface area contributed by atoms with E-state index in [-0.39, 0.29) is 18.7 Å². The Morgan fingerprint density at radius 1 is 1.07 bits per heavy atom. The molecule has 1 heterocycles. The standard InChI is InChI=1S/C24H28ClN3O2/c1-4-17(3)18-10-12-19(13-11-18)21(5-2)27-24(29)22-14-15-26-28(22)16-30-23-9-7-6-8-20(23)25/h6-15,17,21H,4-5,16H2,1-3H3,(H,27,29). The number of aromatic nitrogens is 2. The van der Waals surface area contributed by atoms with E-state index in [1.807, 2.05) is 12.1 Å². The van der Waals surface area contributed by atoms with Crippen LogP contribution < -0.4 is 10.1 Å². The molecule has 0 bridgehead atoms. The molecule has 0 saturated heterocycles. The molecule has 1 aromatic heterocycles. The zero-order chi connectivity index (χ0) is 21.5. The van der Waals surface area contributed by atoms with Gasteiger partial charge in [0.25, 0.3) is 5.91 Å². The van der Waals surface area contributed by atoms with Crippen LogP contribution in [0.1, 0.15) is 67.2 Å². The molecule has 2 atom stereocenters. The van der Waals surface area contributed by atoms with Crippen LogP contribution in [0.4, 0.5) is 0 Å². The highest BCUT2D eigenvalue weighted by atomic mass is 35.5. The van der Waals surface area contributed by atoms with Crippen LogP contribution in [-0.4, -0.2) is 15.7 Å². The summed E-state index contributed by atoms with van der Waals surface area (Å²) < 4.78 is 7.25. The number of nitrogens with zero attached hydrogens (tertiary/aromatic N) is 2. The number of halogens is 1. The second-order valence-electron chi connectivity index (χ2n) is 7.33. The van der Waals surface area contributed by atoms with Crippen LogP contribution in [0.25, 0.3) is 0 Å². The lowest BCUT2D eigenvalue weighted by Crippen LogP contribution is -2.30. The number of nitrogens with one attached hydrogen (secondary N) is 1. The van der Waals surface area contributed by atoms with Crippen LogP contribution in [-0.2, 0) is 6.73 Å². The van der Waals surface area contributed by atoms with E-state index in [0.29, 0.717) is 22.4 Å². The Morgan fingerprint density at radius 3 is 2.43 bits per heavy atom. The largest absolute Gasteiger partial charge is 0.470 e. The monoisotopic (exact) mass is 425 g/mol. The van der Waals surface area contributed by atoms with E-state index in [4.69, 9.17) is 16.3 Å². The molecule has 5 nitrogen and oxygen atoms in total. The molecular weight excluding hydrogens is 398 g/mol. The summed E-state index contributed by atoms with van der Waals surface area (Å²) in [5.74, 6) is 0.892. The molecule has 3 aromatic rings. The van der Waals surface area contributed by atoms with E-state index in [1.54, 1.807) is 24.4 Å². The molecule has 0 radical (unpaired) electrons. The number of benzene rings is 2. The maximum Gasteiger partial charge on any atom is 0.270 e. The van der Waals surface area contributed by atoms with Crippen LogP contribution in [0.15, 0.2) is 60.8 Å². The highest BCUT2D eigenvalue weighted by Gasteiger charge is 2.18. The number of para-hydroxylation sites is 1. The van der Waals surface area contributed by atoms with Crippen molar-refractivity contribution in [2.75, 3.05) is 0 Å². The minimum absolute atomic E-state index is 0.0729. The maximum atomic E-state index is 12.9. The zero-order valence-corrected chi connectivity index (χ0v) is 18.4. The molecular formula is C24H28ClN3O2. The fourth-order valence-corrected chi connectivity index (χ4v) is 3.46. The summed E-state index contributed by atoms with van der Waals surface area (Å²) in [6.07, 6.45) is 3.49. The summed E-state index contributed by atoms with van der Waals surface area (Å²) in [4.78, 5) is 12.9. The van der Waals surface area contributed by atoms with Gasteiger partial charge >= 0.3 is 0 Å². The number of hydrogen-bond acceptors (Lipinski definition) is 3. The normalized spacial score (nSPS) is 12.9. The Hall–Kier alpha value is -2.79. The molecule has 0 saturated carbocycles. The van der Waals surface area contributed by atoms with Gasteiger partial charge in [0, 0.05) is 6.20 Å². The van der Waals surface area contributed by atoms with E-state index < -0.39 is 0 Å². The Kier molecular flexibility index (Phi) is 7.52. The van der Waals surface area contributed by atoms with E-state index in [9.17, 15) is 4.79 Å². The average molecular weight is 426 g/mol. The summed E-state index contributed by atoms with van der Waals surface area (Å²) in [6.45, 7) is 6.57. The van der Waals surface area contributed by atoms with E-state index in [1.165, 1.54) is 10.2 Å². The predicted molar refractivity (Wildman–Crippen MR) is 120 cm³/mol. The molecule has 30 heavy (non-hydrogen) atoms. The van der Waals surface area contributed by atoms with Crippen molar-refractivity contribution < 1.29 is 9.53 Å². The van der Waals surface area contributed by atoms with Gasteiger partial charge in [0.1, 0.15) is 11.4 Å². The van der Waals surface area contributed by atoms with Gasteiger partial charge in [-0.15, -0.1) is 0 Å². The van der Waals surface area contributed by atoms with Crippen molar-refractivity contribution in [3.05, 3.63) is 82.6 Å². The quantitative estimate of drug-likeness (QED) is 0.459. The molecule has 1 N–H and O–H groups in total. The topological polar surface area (TPSA) is 56.2 Å². The van der Waals surface area contributed by atoms with Gasteiger partial charge in [0.2, 0.25) is 0 Å². The van der Waals surface area contributed by atoms with E-state index in [0.717, 1.165) is 18.4 Å². The van der Waals surface area contributed by atoms with Gasteiger partial charge in [0.05, 0.1) is 11.1 Å². The molecule has 2 aromatic carbocycles. The Balaban J connectivity index is 1.68. The molecule has 6 heteroatoms. The SMILES string of the molecule is CCC(C)c1ccc(C(CC)NC(=O)c2ccnn2COc2ccccc2Cl)cc1. The van der Waals surface area contributed by atoms with Crippen molar-refractivity contribution in [3.8, 4) is 5.75 Å². The van der Waals surface area contributed by atoms with E-state index in [2.05, 4.69) is 55.5 Å². The van der Waals surface area contributed by atoms with Gasteiger partial charge < -0.3 is 10.1 Å². The fourth-order valence-electron chi connectivity index (χ4n) is 3.27. The van der Waals surface area contributed by atoms with Gasteiger partial charge in [-0.25, -0.2) is 4.68 Å². The summed E-state index contributed by atoms with van der Waals surface area (Å²) in [6, 6.07) is 17.3. The lowest BCUT2D eigenvalue weighted by Gasteiger charge is -2.19. The third kappa shape index (κ3) is 5.22. The highest BCUT2D eigenvalue weighted by molar-refractivity contribution is 6.32. The summed E-state index contributed by atoms with van der Waals surface area (Å²) >= 11 is 6.13. The first-order valence-corrected chi connectivity index (χ1v) is 10.7. The summed E-state index contributed by atoms with van der Waals surface area (Å²) in [7, 11) is 0. The number of carbonyl (C=O) groups is 1. The van der Waals surface area contributed by atoms with Crippen molar-refractivity contribution >= 4 is 17.5 Å². The average Bonchev–Trinajstić information content (AvgIpc) is 3.25. The molecule has 0 aliphatic carbocycles. The molecule has 158 valence electrons. The van der Waals surface area contributed by atoms with Crippen molar-refractivity contribution in [2.45, 2.75) is 52.3 Å². The third-order valence-corrected chi connectivity index (χ3v) is 5.67. The lowest BCUT2D eigenvalue weighted by molar-refractivity contribution is 0.0914. The van der Waals surface area contributed by atoms with Gasteiger partial charge in [0.15, 0.2) is 6.73 Å². The highest BCUT2D eigenvalue weighted by Crippen LogP contribution is 2.24. The number of ether oxygens (including phenoxy) is 1. The number of amides is 1. The molecule has 1 amide bonds. The maximum absolute atomic E-state index is 12.9. The molecule has 0 aliphatic heterocycles. The predicted octanol–water partition coefficient (Wildman–Crippen LogP) is 5.97.